The molecule has 1 amide bonds. The molecular formula is C14H22N2O. The Morgan fingerprint density at radius 1 is 1.35 bits per heavy atom. The summed E-state index contributed by atoms with van der Waals surface area (Å²) < 4.78 is 0. The van der Waals surface area contributed by atoms with Crippen LogP contribution >= 0.6 is 0 Å². The van der Waals surface area contributed by atoms with E-state index in [9.17, 15) is 4.79 Å². The van der Waals surface area contributed by atoms with Crippen molar-refractivity contribution in [3.05, 3.63) is 29.1 Å². The van der Waals surface area contributed by atoms with Gasteiger partial charge in [0.2, 0.25) is 0 Å². The molecule has 3 nitrogen and oxygen atoms in total. The van der Waals surface area contributed by atoms with Crippen molar-refractivity contribution in [1.82, 2.24) is 10.3 Å². The van der Waals surface area contributed by atoms with Gasteiger partial charge in [-0.3, -0.25) is 4.79 Å². The smallest absolute Gasteiger partial charge is 0.269 e. The van der Waals surface area contributed by atoms with Crippen LogP contribution in [0.25, 0.3) is 0 Å². The van der Waals surface area contributed by atoms with E-state index in [1.165, 1.54) is 5.56 Å². The summed E-state index contributed by atoms with van der Waals surface area (Å²) in [5.74, 6) is -0.130. The van der Waals surface area contributed by atoms with Crippen molar-refractivity contribution in [3.8, 4) is 0 Å². The summed E-state index contributed by atoms with van der Waals surface area (Å²) in [6.07, 6.45) is 2.15. The minimum absolute atomic E-state index is 0.130. The second kappa shape index (κ2) is 5.30. The Morgan fingerprint density at radius 3 is 2.35 bits per heavy atom. The van der Waals surface area contributed by atoms with Gasteiger partial charge in [-0.25, -0.2) is 4.98 Å². The minimum atomic E-state index is -0.130. The van der Waals surface area contributed by atoms with E-state index in [1.54, 1.807) is 7.05 Å². The molecule has 3 heteroatoms. The molecule has 0 spiro atoms. The number of hydrogen-bond acceptors (Lipinski definition) is 2. The van der Waals surface area contributed by atoms with Gasteiger partial charge in [0, 0.05) is 12.7 Å². The molecule has 1 aromatic rings. The Labute approximate surface area is 104 Å². The molecule has 0 saturated carbocycles. The van der Waals surface area contributed by atoms with Gasteiger partial charge >= 0.3 is 0 Å². The third-order valence-corrected chi connectivity index (χ3v) is 3.76. The van der Waals surface area contributed by atoms with E-state index in [0.717, 1.165) is 18.5 Å². The van der Waals surface area contributed by atoms with Crippen LogP contribution in [0, 0.1) is 6.92 Å². The Kier molecular flexibility index (Phi) is 4.27. The number of aromatic nitrogens is 1. The predicted octanol–water partition coefficient (Wildman–Crippen LogP) is 2.83. The van der Waals surface area contributed by atoms with Crippen molar-refractivity contribution < 1.29 is 4.79 Å². The van der Waals surface area contributed by atoms with Crippen molar-refractivity contribution in [3.63, 3.8) is 0 Å². The van der Waals surface area contributed by atoms with Crippen LogP contribution in [0.5, 0.6) is 0 Å². The molecule has 0 fully saturated rings. The Hall–Kier alpha value is -1.38. The maximum Gasteiger partial charge on any atom is 0.269 e. The zero-order valence-corrected chi connectivity index (χ0v) is 11.4. The Morgan fingerprint density at radius 2 is 1.94 bits per heavy atom. The summed E-state index contributed by atoms with van der Waals surface area (Å²) in [6.45, 7) is 8.60. The van der Waals surface area contributed by atoms with Gasteiger partial charge in [0.25, 0.3) is 5.91 Å². The van der Waals surface area contributed by atoms with Crippen molar-refractivity contribution >= 4 is 5.91 Å². The summed E-state index contributed by atoms with van der Waals surface area (Å²) in [6, 6.07) is 3.85. The third-order valence-electron chi connectivity index (χ3n) is 3.76. The first kappa shape index (κ1) is 13.7. The summed E-state index contributed by atoms with van der Waals surface area (Å²) in [7, 11) is 1.62. The number of nitrogens with one attached hydrogen (secondary N) is 1. The number of aryl methyl sites for hydroxylation is 1. The highest BCUT2D eigenvalue weighted by Crippen LogP contribution is 2.32. The summed E-state index contributed by atoms with van der Waals surface area (Å²) in [4.78, 5) is 15.9. The minimum Gasteiger partial charge on any atom is -0.354 e. The second-order valence-corrected chi connectivity index (χ2v) is 4.68. The molecule has 0 atom stereocenters. The fourth-order valence-corrected chi connectivity index (χ4v) is 2.08. The molecule has 0 aliphatic heterocycles. The van der Waals surface area contributed by atoms with Crippen LogP contribution in [-0.2, 0) is 5.41 Å². The molecule has 0 unspecified atom stereocenters. The number of carbonyl (C=O) groups is 1. The molecule has 1 aromatic heterocycles. The maximum absolute atomic E-state index is 11.5. The van der Waals surface area contributed by atoms with E-state index in [1.807, 2.05) is 19.1 Å². The van der Waals surface area contributed by atoms with Crippen LogP contribution in [0.3, 0.4) is 0 Å². The van der Waals surface area contributed by atoms with Gasteiger partial charge in [-0.15, -0.1) is 0 Å². The maximum atomic E-state index is 11.5. The lowest BCUT2D eigenvalue weighted by Gasteiger charge is -2.28. The number of rotatable bonds is 4. The van der Waals surface area contributed by atoms with Crippen molar-refractivity contribution in [2.75, 3.05) is 7.05 Å². The van der Waals surface area contributed by atoms with E-state index in [-0.39, 0.29) is 11.3 Å². The van der Waals surface area contributed by atoms with Crippen LogP contribution in [0.15, 0.2) is 12.1 Å². The van der Waals surface area contributed by atoms with Gasteiger partial charge < -0.3 is 5.32 Å². The predicted molar refractivity (Wildman–Crippen MR) is 70.3 cm³/mol. The second-order valence-electron chi connectivity index (χ2n) is 4.68. The highest BCUT2D eigenvalue weighted by atomic mass is 16.1. The van der Waals surface area contributed by atoms with Gasteiger partial charge in [0.15, 0.2) is 0 Å². The quantitative estimate of drug-likeness (QED) is 0.870. The zero-order chi connectivity index (χ0) is 13.1. The molecular weight excluding hydrogens is 212 g/mol. The first-order valence-electron chi connectivity index (χ1n) is 6.18. The molecule has 1 N–H and O–H groups in total. The van der Waals surface area contributed by atoms with E-state index in [0.29, 0.717) is 5.69 Å². The average Bonchev–Trinajstić information content (AvgIpc) is 2.36. The molecule has 0 aliphatic carbocycles. The lowest BCUT2D eigenvalue weighted by molar-refractivity contribution is 0.0958. The molecule has 17 heavy (non-hydrogen) atoms. The van der Waals surface area contributed by atoms with Crippen LogP contribution in [-0.4, -0.2) is 17.9 Å². The first-order chi connectivity index (χ1) is 7.98. The highest BCUT2D eigenvalue weighted by molar-refractivity contribution is 5.92. The van der Waals surface area contributed by atoms with Gasteiger partial charge in [0.1, 0.15) is 5.69 Å². The third kappa shape index (κ3) is 2.65. The standard InChI is InChI=1S/C14H22N2O/c1-6-14(4,7-2)11-8-9-12(13(17)15-5)16-10(11)3/h8-9H,6-7H2,1-5H3,(H,15,17). The molecule has 0 bridgehead atoms. The summed E-state index contributed by atoms with van der Waals surface area (Å²) in [5.41, 5.74) is 2.84. The van der Waals surface area contributed by atoms with E-state index in [4.69, 9.17) is 0 Å². The normalized spacial score (nSPS) is 11.4. The number of amides is 1. The fraction of sp³-hybridized carbons (Fsp3) is 0.571. The summed E-state index contributed by atoms with van der Waals surface area (Å²) >= 11 is 0. The molecule has 94 valence electrons. The number of hydrogen-bond donors (Lipinski definition) is 1. The van der Waals surface area contributed by atoms with Gasteiger partial charge in [-0.2, -0.15) is 0 Å². The highest BCUT2D eigenvalue weighted by Gasteiger charge is 2.25. The van der Waals surface area contributed by atoms with Crippen molar-refractivity contribution in [1.29, 1.82) is 0 Å². The van der Waals surface area contributed by atoms with Gasteiger partial charge in [-0.05, 0) is 36.8 Å². The number of nitrogens with zero attached hydrogens (tertiary/aromatic N) is 1. The van der Waals surface area contributed by atoms with E-state index < -0.39 is 0 Å². The molecule has 0 radical (unpaired) electrons. The van der Waals surface area contributed by atoms with Gasteiger partial charge in [-0.1, -0.05) is 26.8 Å². The first-order valence-corrected chi connectivity index (χ1v) is 6.18. The van der Waals surface area contributed by atoms with Crippen LogP contribution < -0.4 is 5.32 Å². The molecule has 1 rings (SSSR count). The van der Waals surface area contributed by atoms with E-state index in [2.05, 4.69) is 31.1 Å². The van der Waals surface area contributed by atoms with Crippen LogP contribution in [0.1, 0.15) is 55.4 Å². The van der Waals surface area contributed by atoms with Crippen molar-refractivity contribution in [2.24, 2.45) is 0 Å². The molecule has 0 aliphatic rings. The van der Waals surface area contributed by atoms with E-state index >= 15 is 0 Å². The Bertz CT molecular complexity index is 409. The molecule has 1 heterocycles. The van der Waals surface area contributed by atoms with Gasteiger partial charge in [0.05, 0.1) is 0 Å². The lowest BCUT2D eigenvalue weighted by Crippen LogP contribution is -2.24. The van der Waals surface area contributed by atoms with Crippen LogP contribution in [0.4, 0.5) is 0 Å². The Balaban J connectivity index is 3.18. The fourth-order valence-electron chi connectivity index (χ4n) is 2.08. The topological polar surface area (TPSA) is 42.0 Å². The van der Waals surface area contributed by atoms with Crippen LogP contribution in [0.2, 0.25) is 0 Å². The number of carbonyl (C=O) groups excluding carboxylic acids is 1. The monoisotopic (exact) mass is 234 g/mol. The SMILES string of the molecule is CCC(C)(CC)c1ccc(C(=O)NC)nc1C. The van der Waals surface area contributed by atoms with Crippen molar-refractivity contribution in [2.45, 2.75) is 46.0 Å². The largest absolute Gasteiger partial charge is 0.354 e. The summed E-state index contributed by atoms with van der Waals surface area (Å²) in [5, 5.41) is 2.59. The zero-order valence-electron chi connectivity index (χ0n) is 11.4. The average molecular weight is 234 g/mol. The number of pyridine rings is 1. The molecule has 0 saturated heterocycles. The lowest BCUT2D eigenvalue weighted by atomic mass is 9.77. The molecule has 0 aromatic carbocycles.